The SMILES string of the molecule is Cc1nc2nc(C(F)(F)F)nn2c(C)c1CCC(=O)N(C1CCCCC1)C1CC1. The molecule has 2 aromatic rings. The van der Waals surface area contributed by atoms with Crippen LogP contribution in [0.3, 0.4) is 0 Å². The molecule has 0 unspecified atom stereocenters. The van der Waals surface area contributed by atoms with E-state index in [2.05, 4.69) is 20.0 Å². The van der Waals surface area contributed by atoms with E-state index in [9.17, 15) is 18.0 Å². The number of carbonyl (C=O) groups excluding carboxylic acids is 1. The first-order valence-corrected chi connectivity index (χ1v) is 10.4. The van der Waals surface area contributed by atoms with E-state index in [1.807, 2.05) is 0 Å². The fourth-order valence-corrected chi connectivity index (χ4v) is 4.47. The van der Waals surface area contributed by atoms with Crippen LogP contribution in [0.2, 0.25) is 0 Å². The van der Waals surface area contributed by atoms with E-state index in [0.717, 1.165) is 35.8 Å². The highest BCUT2D eigenvalue weighted by molar-refractivity contribution is 5.77. The highest BCUT2D eigenvalue weighted by atomic mass is 19.4. The minimum atomic E-state index is -4.62. The molecule has 0 aliphatic heterocycles. The van der Waals surface area contributed by atoms with Gasteiger partial charge in [-0.05, 0) is 51.5 Å². The molecular weight excluding hydrogens is 383 g/mol. The Morgan fingerprint density at radius 3 is 2.34 bits per heavy atom. The number of hydrogen-bond acceptors (Lipinski definition) is 4. The molecule has 2 aliphatic rings. The van der Waals surface area contributed by atoms with Crippen LogP contribution in [0, 0.1) is 13.8 Å². The largest absolute Gasteiger partial charge is 0.453 e. The van der Waals surface area contributed by atoms with E-state index in [4.69, 9.17) is 0 Å². The zero-order valence-corrected chi connectivity index (χ0v) is 16.8. The van der Waals surface area contributed by atoms with Crippen LogP contribution in [0.5, 0.6) is 0 Å². The Morgan fingerprint density at radius 1 is 1.07 bits per heavy atom. The molecule has 0 N–H and O–H groups in total. The molecule has 9 heteroatoms. The quantitative estimate of drug-likeness (QED) is 0.748. The first-order valence-electron chi connectivity index (χ1n) is 10.4. The second-order valence-electron chi connectivity index (χ2n) is 8.23. The maximum atomic E-state index is 13.0. The van der Waals surface area contributed by atoms with Crippen LogP contribution in [0.1, 0.15) is 74.1 Å². The third-order valence-corrected chi connectivity index (χ3v) is 6.09. The van der Waals surface area contributed by atoms with Gasteiger partial charge in [0, 0.05) is 29.9 Å². The molecule has 0 spiro atoms. The normalized spacial score (nSPS) is 18.4. The lowest BCUT2D eigenvalue weighted by molar-refractivity contribution is -0.144. The van der Waals surface area contributed by atoms with E-state index in [-0.39, 0.29) is 11.7 Å². The predicted molar refractivity (Wildman–Crippen MR) is 100 cm³/mol. The van der Waals surface area contributed by atoms with E-state index in [1.54, 1.807) is 13.8 Å². The van der Waals surface area contributed by atoms with Gasteiger partial charge in [-0.25, -0.2) is 9.50 Å². The summed E-state index contributed by atoms with van der Waals surface area (Å²) in [5, 5.41) is 3.58. The number of halogens is 3. The highest BCUT2D eigenvalue weighted by Gasteiger charge is 2.38. The number of fused-ring (bicyclic) bond motifs is 1. The molecular formula is C20H26F3N5O. The summed E-state index contributed by atoms with van der Waals surface area (Å²) < 4.78 is 40.0. The first kappa shape index (κ1) is 20.1. The van der Waals surface area contributed by atoms with Crippen molar-refractivity contribution in [3.8, 4) is 0 Å². The van der Waals surface area contributed by atoms with Crippen molar-refractivity contribution in [3.63, 3.8) is 0 Å². The number of nitrogens with zero attached hydrogens (tertiary/aromatic N) is 5. The molecule has 0 atom stereocenters. The Balaban J connectivity index is 1.53. The zero-order chi connectivity index (χ0) is 20.8. The van der Waals surface area contributed by atoms with Crippen molar-refractivity contribution in [1.82, 2.24) is 24.5 Å². The molecule has 0 saturated heterocycles. The summed E-state index contributed by atoms with van der Waals surface area (Å²) in [6, 6.07) is 0.717. The van der Waals surface area contributed by atoms with E-state index in [0.29, 0.717) is 36.3 Å². The molecule has 29 heavy (non-hydrogen) atoms. The molecule has 0 aromatic carbocycles. The van der Waals surface area contributed by atoms with Crippen molar-refractivity contribution >= 4 is 11.7 Å². The second-order valence-corrected chi connectivity index (χ2v) is 8.23. The minimum Gasteiger partial charge on any atom is -0.337 e. The van der Waals surface area contributed by atoms with Crippen LogP contribution >= 0.6 is 0 Å². The lowest BCUT2D eigenvalue weighted by atomic mass is 9.93. The number of hydrogen-bond donors (Lipinski definition) is 0. The molecule has 6 nitrogen and oxygen atoms in total. The number of aryl methyl sites for hydroxylation is 2. The van der Waals surface area contributed by atoms with Crippen molar-refractivity contribution in [2.24, 2.45) is 0 Å². The van der Waals surface area contributed by atoms with Gasteiger partial charge in [0.25, 0.3) is 11.6 Å². The third-order valence-electron chi connectivity index (χ3n) is 6.09. The smallest absolute Gasteiger partial charge is 0.337 e. The highest BCUT2D eigenvalue weighted by Crippen LogP contribution is 2.34. The van der Waals surface area contributed by atoms with Crippen molar-refractivity contribution in [2.75, 3.05) is 0 Å². The fraction of sp³-hybridized carbons (Fsp3) is 0.700. The van der Waals surface area contributed by atoms with E-state index >= 15 is 0 Å². The molecule has 2 saturated carbocycles. The number of alkyl halides is 3. The molecule has 2 heterocycles. The van der Waals surface area contributed by atoms with E-state index in [1.165, 1.54) is 19.3 Å². The lowest BCUT2D eigenvalue weighted by Crippen LogP contribution is -2.43. The van der Waals surface area contributed by atoms with E-state index < -0.39 is 12.0 Å². The molecule has 2 aromatic heterocycles. The van der Waals surface area contributed by atoms with Gasteiger partial charge in [-0.2, -0.15) is 18.2 Å². The lowest BCUT2D eigenvalue weighted by Gasteiger charge is -2.35. The molecule has 4 rings (SSSR count). The molecule has 1 amide bonds. The predicted octanol–water partition coefficient (Wildman–Crippen LogP) is 4.02. The van der Waals surface area contributed by atoms with Crippen LogP contribution in [0.15, 0.2) is 0 Å². The Bertz CT molecular complexity index is 913. The average molecular weight is 409 g/mol. The molecule has 2 fully saturated rings. The first-order chi connectivity index (χ1) is 13.8. The number of aromatic nitrogens is 4. The van der Waals surface area contributed by atoms with Gasteiger partial charge in [0.15, 0.2) is 0 Å². The Kier molecular flexibility index (Phi) is 5.25. The maximum Gasteiger partial charge on any atom is 0.453 e. The summed E-state index contributed by atoms with van der Waals surface area (Å²) in [6.07, 6.45) is 4.06. The van der Waals surface area contributed by atoms with Crippen LogP contribution in [-0.4, -0.2) is 42.5 Å². The standard InChI is InChI=1S/C20H26F3N5O/c1-12-16(13(2)28-19(24-12)25-18(26-28)20(21,22)23)10-11-17(29)27(15-8-9-15)14-6-4-3-5-7-14/h14-15H,3-11H2,1-2H3. The summed E-state index contributed by atoms with van der Waals surface area (Å²) >= 11 is 0. The third kappa shape index (κ3) is 4.09. The van der Waals surface area contributed by atoms with Crippen molar-refractivity contribution < 1.29 is 18.0 Å². The van der Waals surface area contributed by atoms with Crippen molar-refractivity contribution in [3.05, 3.63) is 22.8 Å². The summed E-state index contributed by atoms with van der Waals surface area (Å²) in [5.74, 6) is -1.12. The second kappa shape index (κ2) is 7.57. The van der Waals surface area contributed by atoms with Crippen LogP contribution in [0.4, 0.5) is 13.2 Å². The van der Waals surface area contributed by atoms with Crippen LogP contribution < -0.4 is 0 Å². The van der Waals surface area contributed by atoms with Crippen molar-refractivity contribution in [2.45, 2.75) is 89.9 Å². The number of rotatable bonds is 5. The van der Waals surface area contributed by atoms with Gasteiger partial charge < -0.3 is 4.90 Å². The molecule has 2 aliphatic carbocycles. The Labute approximate surface area is 167 Å². The monoisotopic (exact) mass is 409 g/mol. The zero-order valence-electron chi connectivity index (χ0n) is 16.8. The van der Waals surface area contributed by atoms with Gasteiger partial charge >= 0.3 is 6.18 Å². The summed E-state index contributed by atoms with van der Waals surface area (Å²) in [5.41, 5.74) is 1.92. The summed E-state index contributed by atoms with van der Waals surface area (Å²) in [4.78, 5) is 22.8. The van der Waals surface area contributed by atoms with Gasteiger partial charge in [-0.1, -0.05) is 19.3 Å². The van der Waals surface area contributed by atoms with Gasteiger partial charge in [0.05, 0.1) is 0 Å². The van der Waals surface area contributed by atoms with Crippen LogP contribution in [0.25, 0.3) is 5.78 Å². The molecule has 0 bridgehead atoms. The van der Waals surface area contributed by atoms with Gasteiger partial charge in [0.2, 0.25) is 5.91 Å². The Hall–Kier alpha value is -2.19. The Morgan fingerprint density at radius 2 is 1.72 bits per heavy atom. The van der Waals surface area contributed by atoms with Gasteiger partial charge in [0.1, 0.15) is 0 Å². The molecule has 0 radical (unpaired) electrons. The number of carbonyl (C=O) groups is 1. The maximum absolute atomic E-state index is 13.0. The fourth-order valence-electron chi connectivity index (χ4n) is 4.47. The average Bonchev–Trinajstić information content (AvgIpc) is 3.39. The minimum absolute atomic E-state index is 0.0655. The summed E-state index contributed by atoms with van der Waals surface area (Å²) in [7, 11) is 0. The molecule has 158 valence electrons. The van der Waals surface area contributed by atoms with Gasteiger partial charge in [-0.3, -0.25) is 4.79 Å². The van der Waals surface area contributed by atoms with Crippen LogP contribution in [-0.2, 0) is 17.4 Å². The van der Waals surface area contributed by atoms with Crippen molar-refractivity contribution in [1.29, 1.82) is 0 Å². The van der Waals surface area contributed by atoms with Gasteiger partial charge in [-0.15, -0.1) is 5.10 Å². The summed E-state index contributed by atoms with van der Waals surface area (Å²) in [6.45, 7) is 3.45. The number of amides is 1. The topological polar surface area (TPSA) is 63.4 Å².